The number of nitrogens with zero attached hydrogens (tertiary/aromatic N) is 5. The van der Waals surface area contributed by atoms with Gasteiger partial charge in [0.15, 0.2) is 0 Å². The second-order valence-corrected chi connectivity index (χ2v) is 12.3. The minimum Gasteiger partial charge on any atom is -0.490 e. The fraction of sp³-hybridized carbons (Fsp3) is 0.125. The van der Waals surface area contributed by atoms with Gasteiger partial charge >= 0.3 is 0 Å². The number of anilines is 3. The molecule has 4 heterocycles. The first-order chi connectivity index (χ1) is 21.1. The maximum Gasteiger partial charge on any atom is 0.144 e. The topological polar surface area (TPSA) is 85.3 Å². The highest BCUT2D eigenvalue weighted by molar-refractivity contribution is 14.1. The van der Waals surface area contributed by atoms with E-state index in [9.17, 15) is 0 Å². The van der Waals surface area contributed by atoms with Crippen molar-refractivity contribution < 1.29 is 9.47 Å². The number of nitrogens with one attached hydrogen (secondary N) is 1. The molecular weight excluding hydrogens is 790 g/mol. The molecule has 0 amide bonds. The van der Waals surface area contributed by atoms with Crippen molar-refractivity contribution in [3.8, 4) is 11.5 Å². The number of rotatable bonds is 1. The molecule has 0 saturated heterocycles. The largest absolute Gasteiger partial charge is 0.490 e. The van der Waals surface area contributed by atoms with Crippen LogP contribution in [-0.4, -0.2) is 46.2 Å². The number of benzene rings is 4. The third-order valence-corrected chi connectivity index (χ3v) is 8.31. The summed E-state index contributed by atoms with van der Waals surface area (Å²) in [6.07, 6.45) is 3.10. The van der Waals surface area contributed by atoms with Gasteiger partial charge in [-0.2, -0.15) is 0 Å². The molecule has 216 valence electrons. The average Bonchev–Trinajstić information content (AvgIpc) is 3.05. The summed E-state index contributed by atoms with van der Waals surface area (Å²) in [6, 6.07) is 28.2. The molecule has 2 aliphatic rings. The maximum atomic E-state index is 5.87. The number of hydrogen-bond acceptors (Lipinski definition) is 8. The van der Waals surface area contributed by atoms with Gasteiger partial charge in [0.05, 0.1) is 29.0 Å². The van der Waals surface area contributed by atoms with Crippen LogP contribution in [0.25, 0.3) is 21.8 Å². The summed E-state index contributed by atoms with van der Waals surface area (Å²) in [5.74, 6) is 2.81. The molecule has 0 spiro atoms. The minimum atomic E-state index is 0.513. The van der Waals surface area contributed by atoms with E-state index in [0.717, 1.165) is 73.8 Å². The van der Waals surface area contributed by atoms with E-state index in [2.05, 4.69) is 93.5 Å². The number of hydrogen-bond donors (Lipinski definition) is 1. The van der Waals surface area contributed by atoms with Gasteiger partial charge in [-0.1, -0.05) is 35.9 Å². The maximum absolute atomic E-state index is 5.87. The highest BCUT2D eigenvalue weighted by Gasteiger charge is 2.21. The molecule has 8 rings (SSSR count). The standard InChI is InChI=1S/C16H12IN3O.C8H4ClIN2.C8H9NO/c17-11-5-6-13-12(9-11)16(19-10-18-13)20-7-8-21-15-4-2-1-3-14(15)20;9-8-6-3-5(10)1-2-7(6)11-4-12-8;1-2-4-8-7(3-1)9-5-6-10-8/h1-6,9-10H,7-8H2;1-4H;1-4,9H,5-6H2. The second-order valence-electron chi connectivity index (χ2n) is 9.42. The zero-order valence-corrected chi connectivity index (χ0v) is 27.8. The molecular formula is C32H25ClI2N6O2. The highest BCUT2D eigenvalue weighted by atomic mass is 127. The molecule has 1 N–H and O–H groups in total. The van der Waals surface area contributed by atoms with Gasteiger partial charge < -0.3 is 19.7 Å². The van der Waals surface area contributed by atoms with E-state index in [4.69, 9.17) is 21.1 Å². The van der Waals surface area contributed by atoms with Crippen LogP contribution in [0.4, 0.5) is 17.2 Å². The van der Waals surface area contributed by atoms with Gasteiger partial charge in [-0.05, 0) is 106 Å². The van der Waals surface area contributed by atoms with Crippen LogP contribution < -0.4 is 19.7 Å². The summed E-state index contributed by atoms with van der Waals surface area (Å²) >= 11 is 10.4. The first kappa shape index (κ1) is 29.6. The molecule has 0 bridgehead atoms. The van der Waals surface area contributed by atoms with Gasteiger partial charge in [0.1, 0.15) is 48.3 Å². The van der Waals surface area contributed by atoms with Crippen LogP contribution in [0.1, 0.15) is 0 Å². The Kier molecular flexibility index (Phi) is 9.54. The fourth-order valence-corrected chi connectivity index (χ4v) is 5.88. The van der Waals surface area contributed by atoms with E-state index in [-0.39, 0.29) is 0 Å². The molecule has 6 aromatic rings. The van der Waals surface area contributed by atoms with Gasteiger partial charge in [-0.3, -0.25) is 0 Å². The molecule has 4 aromatic carbocycles. The van der Waals surface area contributed by atoms with E-state index < -0.39 is 0 Å². The smallest absolute Gasteiger partial charge is 0.144 e. The molecule has 0 unspecified atom stereocenters. The van der Waals surface area contributed by atoms with Crippen molar-refractivity contribution in [3.63, 3.8) is 0 Å². The molecule has 0 radical (unpaired) electrons. The van der Waals surface area contributed by atoms with Gasteiger partial charge in [0.2, 0.25) is 0 Å². The SMILES string of the molecule is Clc1ncnc2ccc(I)cc12.Ic1ccc2ncnc(N3CCOc4ccccc43)c2c1.c1ccc2c(c1)NCCO2. The third kappa shape index (κ3) is 7.02. The molecule has 0 atom stereocenters. The summed E-state index contributed by atoms with van der Waals surface area (Å²) in [4.78, 5) is 19.1. The number of aromatic nitrogens is 4. The number of fused-ring (bicyclic) bond motifs is 4. The predicted molar refractivity (Wildman–Crippen MR) is 189 cm³/mol. The molecule has 11 heteroatoms. The second kappa shape index (κ2) is 13.9. The first-order valence-corrected chi connectivity index (χ1v) is 16.0. The van der Waals surface area contributed by atoms with Crippen LogP contribution in [0.2, 0.25) is 5.15 Å². The number of halogens is 3. The van der Waals surface area contributed by atoms with Crippen LogP contribution in [-0.2, 0) is 0 Å². The molecule has 8 nitrogen and oxygen atoms in total. The quantitative estimate of drug-likeness (QED) is 0.132. The lowest BCUT2D eigenvalue weighted by molar-refractivity contribution is 0.314. The summed E-state index contributed by atoms with van der Waals surface area (Å²) in [5.41, 5.74) is 4.01. The number of ether oxygens (including phenoxy) is 2. The van der Waals surface area contributed by atoms with Gasteiger partial charge in [0, 0.05) is 24.5 Å². The van der Waals surface area contributed by atoms with E-state index >= 15 is 0 Å². The van der Waals surface area contributed by atoms with Crippen molar-refractivity contribution in [2.75, 3.05) is 36.5 Å². The van der Waals surface area contributed by atoms with Gasteiger partial charge in [-0.15, -0.1) is 0 Å². The molecule has 2 aliphatic heterocycles. The summed E-state index contributed by atoms with van der Waals surface area (Å²) in [7, 11) is 0. The molecule has 0 fully saturated rings. The van der Waals surface area contributed by atoms with Crippen LogP contribution in [0.15, 0.2) is 97.6 Å². The lowest BCUT2D eigenvalue weighted by atomic mass is 10.2. The molecule has 43 heavy (non-hydrogen) atoms. The summed E-state index contributed by atoms with van der Waals surface area (Å²) in [6.45, 7) is 3.13. The zero-order chi connectivity index (χ0) is 29.6. The average molecular weight is 815 g/mol. The van der Waals surface area contributed by atoms with E-state index in [0.29, 0.717) is 11.8 Å². The van der Waals surface area contributed by atoms with Crippen LogP contribution in [0.5, 0.6) is 11.5 Å². The fourth-order valence-electron chi connectivity index (χ4n) is 4.70. The van der Waals surface area contributed by atoms with Crippen molar-refractivity contribution in [2.45, 2.75) is 0 Å². The van der Waals surface area contributed by atoms with Gasteiger partial charge in [-0.25, -0.2) is 19.9 Å². The highest BCUT2D eigenvalue weighted by Crippen LogP contribution is 2.38. The van der Waals surface area contributed by atoms with E-state index in [1.54, 1.807) is 6.33 Å². The van der Waals surface area contributed by atoms with Crippen molar-refractivity contribution in [3.05, 3.63) is 110 Å². The Morgan fingerprint density at radius 3 is 2.14 bits per heavy atom. The Morgan fingerprint density at radius 1 is 0.698 bits per heavy atom. The normalized spacial score (nSPS) is 13.1. The Bertz CT molecular complexity index is 1870. The van der Waals surface area contributed by atoms with Crippen molar-refractivity contribution >= 4 is 95.8 Å². The monoisotopic (exact) mass is 814 g/mol. The van der Waals surface area contributed by atoms with E-state index in [1.807, 2.05) is 66.7 Å². The molecule has 0 aliphatic carbocycles. The Morgan fingerprint density at radius 2 is 1.35 bits per heavy atom. The summed E-state index contributed by atoms with van der Waals surface area (Å²) < 4.78 is 13.4. The lowest BCUT2D eigenvalue weighted by Crippen LogP contribution is -2.29. The number of para-hydroxylation sites is 4. The Labute approximate surface area is 281 Å². The van der Waals surface area contributed by atoms with Gasteiger partial charge in [0.25, 0.3) is 0 Å². The van der Waals surface area contributed by atoms with Crippen molar-refractivity contribution in [1.82, 2.24) is 19.9 Å². The van der Waals surface area contributed by atoms with Crippen LogP contribution in [0.3, 0.4) is 0 Å². The molecule has 2 aromatic heterocycles. The zero-order valence-electron chi connectivity index (χ0n) is 22.8. The van der Waals surface area contributed by atoms with Crippen LogP contribution in [0, 0.1) is 7.14 Å². The summed E-state index contributed by atoms with van der Waals surface area (Å²) in [5, 5.41) is 5.73. The lowest BCUT2D eigenvalue weighted by Gasteiger charge is -2.30. The Hall–Kier alpha value is -3.49. The predicted octanol–water partition coefficient (Wildman–Crippen LogP) is 8.14. The van der Waals surface area contributed by atoms with E-state index in [1.165, 1.54) is 9.90 Å². The first-order valence-electron chi connectivity index (χ1n) is 13.5. The third-order valence-electron chi connectivity index (χ3n) is 6.67. The Balaban J connectivity index is 0.000000126. The van der Waals surface area contributed by atoms with Crippen molar-refractivity contribution in [2.24, 2.45) is 0 Å². The van der Waals surface area contributed by atoms with Crippen LogP contribution >= 0.6 is 56.8 Å². The van der Waals surface area contributed by atoms with Crippen molar-refractivity contribution in [1.29, 1.82) is 0 Å². The molecule has 0 saturated carbocycles. The minimum absolute atomic E-state index is 0.513.